The van der Waals surface area contributed by atoms with E-state index in [4.69, 9.17) is 58.1 Å². The third-order valence-electron chi connectivity index (χ3n) is 20.9. The fraction of sp³-hybridized carbons (Fsp3) is 0.465. The highest BCUT2D eigenvalue weighted by Gasteiger charge is 2.46. The first kappa shape index (κ1) is 93.8. The fourth-order valence-corrected chi connectivity index (χ4v) is 17.5. The Labute approximate surface area is 706 Å². The lowest BCUT2D eigenvalue weighted by atomic mass is 9.81. The number of esters is 1. The summed E-state index contributed by atoms with van der Waals surface area (Å²) in [5.74, 6) is -7.65. The average molecular weight is 1730 g/mol. The highest BCUT2D eigenvalue weighted by atomic mass is 32.2. The molecule has 4 heterocycles. The molecule has 7 amide bonds. The van der Waals surface area contributed by atoms with Crippen LogP contribution in [0, 0.1) is 38.4 Å². The lowest BCUT2D eigenvalue weighted by molar-refractivity contribution is -0.172. The van der Waals surface area contributed by atoms with Gasteiger partial charge in [-0.25, -0.2) is 40.6 Å². The molecule has 36 heteroatoms. The molecule has 7 aromatic rings. The SMILES string of the molecule is CC[C@@]1(O)C(=O)OCc2c1cc1n(c2=O)Cc2c-1nc1cc(F)c(C)c3c1c2[C@@H](NC(=O)OCc1ccc(NC(=O)[C@H](CCCNC(N)=O)NC(=O)[C@@H](NC(=O)COCCOCCOCCOCCOCCOCCOCCOCCNC(=O)c2ccc(C(=O)C(CS(=O)(=O)c4ccc(C)cc4)CS(=O)(=O)c4ccc(C)cc4)cc2)C(C)C)cc1)CC3. The van der Waals surface area contributed by atoms with Crippen LogP contribution in [-0.2, 0) is 118 Å². The van der Waals surface area contributed by atoms with Crippen molar-refractivity contribution in [1.82, 2.24) is 36.1 Å². The van der Waals surface area contributed by atoms with Crippen molar-refractivity contribution in [3.63, 3.8) is 0 Å². The molecule has 9 N–H and O–H groups in total. The van der Waals surface area contributed by atoms with Gasteiger partial charge in [-0.15, -0.1) is 0 Å². The number of anilines is 1. The van der Waals surface area contributed by atoms with E-state index in [-0.39, 0.29) is 137 Å². The molecule has 0 unspecified atom stereocenters. The normalized spacial score (nSPS) is 15.2. The van der Waals surface area contributed by atoms with E-state index < -0.39 is 126 Å². The molecule has 4 atom stereocenters. The van der Waals surface area contributed by atoms with Crippen LogP contribution in [0.1, 0.15) is 123 Å². The average Bonchev–Trinajstić information content (AvgIpc) is 1.52. The highest BCUT2D eigenvalue weighted by Crippen LogP contribution is 2.46. The first-order chi connectivity index (χ1) is 58.5. The van der Waals surface area contributed by atoms with E-state index in [2.05, 4.69) is 31.9 Å². The molecule has 2 aliphatic heterocycles. The Bertz CT molecular complexity index is 5080. The Morgan fingerprint density at radius 2 is 1.20 bits per heavy atom. The van der Waals surface area contributed by atoms with Gasteiger partial charge in [-0.1, -0.05) is 80.4 Å². The van der Waals surface area contributed by atoms with Gasteiger partial charge in [0, 0.05) is 52.5 Å². The van der Waals surface area contributed by atoms with Gasteiger partial charge in [0.15, 0.2) is 31.1 Å². The number of primary amides is 1. The Kier molecular flexibility index (Phi) is 34.2. The van der Waals surface area contributed by atoms with Gasteiger partial charge in [0.05, 0.1) is 161 Å². The minimum Gasteiger partial charge on any atom is -0.458 e. The number of ketones is 1. The molecule has 0 spiro atoms. The number of urea groups is 1. The first-order valence-corrected chi connectivity index (χ1v) is 43.7. The molecule has 2 aromatic heterocycles. The van der Waals surface area contributed by atoms with Crippen molar-refractivity contribution >= 4 is 83.8 Å². The molecule has 10 rings (SSSR count). The molecule has 33 nitrogen and oxygen atoms in total. The lowest BCUT2D eigenvalue weighted by Crippen LogP contribution is -2.55. The van der Waals surface area contributed by atoms with Crippen molar-refractivity contribution in [2.24, 2.45) is 17.6 Å². The van der Waals surface area contributed by atoms with Crippen molar-refractivity contribution in [2.45, 2.75) is 127 Å². The zero-order valence-electron chi connectivity index (χ0n) is 69.1. The van der Waals surface area contributed by atoms with Crippen LogP contribution in [0.15, 0.2) is 124 Å². The molecule has 122 heavy (non-hydrogen) atoms. The second-order valence-electron chi connectivity index (χ2n) is 30.0. The van der Waals surface area contributed by atoms with Crippen LogP contribution in [0.3, 0.4) is 0 Å². The van der Waals surface area contributed by atoms with Crippen LogP contribution in [0.25, 0.3) is 22.3 Å². The number of halogens is 1. The summed E-state index contributed by atoms with van der Waals surface area (Å²) < 4.78 is 126. The Morgan fingerprint density at radius 3 is 1.74 bits per heavy atom. The maximum absolute atomic E-state index is 15.5. The number of aryl methyl sites for hydroxylation is 3. The number of aliphatic hydroxyl groups is 1. The number of carbonyl (C=O) groups is 8. The third-order valence-corrected chi connectivity index (χ3v) is 24.6. The minimum atomic E-state index is -4.08. The number of nitrogens with zero attached hydrogens (tertiary/aromatic N) is 2. The summed E-state index contributed by atoms with van der Waals surface area (Å²) >= 11 is 0. The van der Waals surface area contributed by atoms with E-state index in [1.54, 1.807) is 96.1 Å². The van der Waals surface area contributed by atoms with Gasteiger partial charge in [0.2, 0.25) is 17.7 Å². The number of hydrogen-bond donors (Lipinski definition) is 8. The summed E-state index contributed by atoms with van der Waals surface area (Å²) in [5.41, 5.74) is 9.24. The van der Waals surface area contributed by atoms with Crippen LogP contribution in [0.5, 0.6) is 0 Å². The standard InChI is InChI=1S/C86H106FN9O24S2/c1-7-86(106)67-45-72-77-65(47-96(72)82(102)66(67)49-119-83(86)103)75-69(27-26-64-56(6)68(87)46-71(92-77)74(64)75)94-85(105)120-48-57-14-20-61(21-15-57)91-80(100)70(9-8-28-90-84(88)104)93-81(101)76(53(2)3)95-73(97)50-118-44-43-117-42-41-116-40-39-115-38-37-114-36-35-113-34-33-112-32-31-111-30-29-89-79(99)59-18-16-58(17-19-59)78(98)60(51-121(107,108)62-22-10-54(4)11-23-62)52-122(109,110)63-24-12-55(5)13-25-63/h10-25,45-46,53,60,69-70,76,106H,7-9,26-44,47-52H2,1-6H3,(H,89,99)(H,91,100)(H,93,101)(H,94,105)(H,95,97)(H3,88,90,104)/t69-,70-,76-,86-/m0/s1. The summed E-state index contributed by atoms with van der Waals surface area (Å²) in [7, 11) is -8.16. The maximum Gasteiger partial charge on any atom is 0.407 e. The number of benzene rings is 5. The van der Waals surface area contributed by atoms with E-state index in [0.29, 0.717) is 116 Å². The number of fused-ring (bicyclic) bond motifs is 5. The van der Waals surface area contributed by atoms with Crippen LogP contribution >= 0.6 is 0 Å². The maximum atomic E-state index is 15.5. The van der Waals surface area contributed by atoms with Crippen molar-refractivity contribution in [3.05, 3.63) is 187 Å². The summed E-state index contributed by atoms with van der Waals surface area (Å²) in [6, 6.07) is 23.4. The van der Waals surface area contributed by atoms with Crippen molar-refractivity contribution < 1.29 is 112 Å². The number of sulfone groups is 2. The number of Topliss-reactive ketones (excluding diaryl/α,β-unsaturated/α-hetero) is 1. The molecule has 0 saturated heterocycles. The molecule has 5 aromatic carbocycles. The number of aromatic nitrogens is 2. The smallest absolute Gasteiger partial charge is 0.407 e. The van der Waals surface area contributed by atoms with Gasteiger partial charge in [0.1, 0.15) is 37.7 Å². The number of pyridine rings is 2. The van der Waals surface area contributed by atoms with E-state index in [0.717, 1.165) is 16.7 Å². The number of hydrogen-bond acceptors (Lipinski definition) is 25. The van der Waals surface area contributed by atoms with E-state index in [1.165, 1.54) is 59.2 Å². The molecule has 1 aliphatic carbocycles. The van der Waals surface area contributed by atoms with Crippen molar-refractivity contribution in [3.8, 4) is 11.4 Å². The van der Waals surface area contributed by atoms with Crippen LogP contribution in [0.2, 0.25) is 0 Å². The molecule has 658 valence electrons. The number of cyclic esters (lactones) is 1. The second-order valence-corrected chi connectivity index (χ2v) is 34.1. The first-order valence-electron chi connectivity index (χ1n) is 40.4. The van der Waals surface area contributed by atoms with E-state index in [1.807, 2.05) is 0 Å². The monoisotopic (exact) mass is 1730 g/mol. The largest absolute Gasteiger partial charge is 0.458 e. The second kappa shape index (κ2) is 44.5. The molecule has 0 fully saturated rings. The van der Waals surface area contributed by atoms with Crippen LogP contribution in [0.4, 0.5) is 19.7 Å². The highest BCUT2D eigenvalue weighted by molar-refractivity contribution is 7.92. The topological polar surface area (TPSA) is 450 Å². The van der Waals surface area contributed by atoms with Gasteiger partial charge >= 0.3 is 18.1 Å². The molecule has 3 aliphatic rings. The Balaban J connectivity index is 0.541. The number of rotatable bonds is 49. The van der Waals surface area contributed by atoms with Crippen molar-refractivity contribution in [1.29, 1.82) is 0 Å². The zero-order chi connectivity index (χ0) is 87.7. The molecular formula is C86H106FN9O24S2. The van der Waals surface area contributed by atoms with Crippen LogP contribution < -0.4 is 43.2 Å². The van der Waals surface area contributed by atoms with Gasteiger partial charge < -0.3 is 94.7 Å². The van der Waals surface area contributed by atoms with Gasteiger partial charge in [-0.05, 0) is 136 Å². The van der Waals surface area contributed by atoms with Crippen molar-refractivity contribution in [2.75, 3.05) is 136 Å². The predicted molar refractivity (Wildman–Crippen MR) is 444 cm³/mol. The van der Waals surface area contributed by atoms with Gasteiger partial charge in [0.25, 0.3) is 11.5 Å². The summed E-state index contributed by atoms with van der Waals surface area (Å²) in [6.07, 6.45) is 0.227. The summed E-state index contributed by atoms with van der Waals surface area (Å²) in [5, 5.41) is 28.5. The fourth-order valence-electron chi connectivity index (χ4n) is 14.2. The minimum absolute atomic E-state index is 0.0301. The molecule has 0 saturated carbocycles. The predicted octanol–water partition coefficient (Wildman–Crippen LogP) is 6.38. The molecule has 0 bridgehead atoms. The van der Waals surface area contributed by atoms with Gasteiger partial charge in [-0.3, -0.25) is 28.8 Å². The van der Waals surface area contributed by atoms with Gasteiger partial charge in [-0.2, -0.15) is 0 Å². The van der Waals surface area contributed by atoms with Crippen LogP contribution in [-0.4, -0.2) is 221 Å². The number of nitrogens with one attached hydrogen (secondary N) is 6. The lowest BCUT2D eigenvalue weighted by Gasteiger charge is -2.31. The summed E-state index contributed by atoms with van der Waals surface area (Å²) in [4.78, 5) is 125. The zero-order valence-corrected chi connectivity index (χ0v) is 70.7. The third kappa shape index (κ3) is 25.3. The van der Waals surface area contributed by atoms with E-state index in [9.17, 15) is 65.1 Å². The Hall–Kier alpha value is -10.5. The summed E-state index contributed by atoms with van der Waals surface area (Å²) in [6.45, 7) is 13.9. The quantitative estimate of drug-likeness (QED) is 0.0116. The number of alkyl carbamates (subject to hydrolysis) is 1. The number of amides is 7. The Morgan fingerprint density at radius 1 is 0.656 bits per heavy atom. The number of ether oxygens (including phenoxy) is 10. The number of carbonyl (C=O) groups excluding carboxylic acids is 8. The van der Waals surface area contributed by atoms with E-state index >= 15 is 4.39 Å². The number of nitrogens with two attached hydrogens (primary N) is 1. The molecule has 0 radical (unpaired) electrons. The molecular weight excluding hydrogens is 1630 g/mol.